The first kappa shape index (κ1) is 17.1. The lowest BCUT2D eigenvalue weighted by Gasteiger charge is -2.31. The molecular formula is C15H26N2O2S. The van der Waals surface area contributed by atoms with Crippen molar-refractivity contribution in [3.05, 3.63) is 29.8 Å². The Kier molecular flexibility index (Phi) is 5.74. The van der Waals surface area contributed by atoms with E-state index in [-0.39, 0.29) is 16.5 Å². The third-order valence-corrected chi connectivity index (χ3v) is 5.65. The number of hydrogen-bond acceptors (Lipinski definition) is 3. The van der Waals surface area contributed by atoms with Gasteiger partial charge in [0, 0.05) is 11.6 Å². The van der Waals surface area contributed by atoms with E-state index in [0.29, 0.717) is 0 Å². The molecule has 5 heteroatoms. The third kappa shape index (κ3) is 3.81. The van der Waals surface area contributed by atoms with Crippen LogP contribution in [-0.2, 0) is 10.0 Å². The molecule has 1 rings (SSSR count). The van der Waals surface area contributed by atoms with Crippen LogP contribution in [-0.4, -0.2) is 14.0 Å². The number of nitrogens with two attached hydrogens (primary N) is 1. The summed E-state index contributed by atoms with van der Waals surface area (Å²) in [4.78, 5) is 0.284. The van der Waals surface area contributed by atoms with Gasteiger partial charge < -0.3 is 5.73 Å². The molecule has 0 heterocycles. The summed E-state index contributed by atoms with van der Waals surface area (Å²) < 4.78 is 28.0. The smallest absolute Gasteiger partial charge is 0.241 e. The predicted molar refractivity (Wildman–Crippen MR) is 83.0 cm³/mol. The Hall–Kier alpha value is -0.910. The number of hydrogen-bond donors (Lipinski definition) is 2. The van der Waals surface area contributed by atoms with E-state index in [9.17, 15) is 8.42 Å². The van der Waals surface area contributed by atoms with Gasteiger partial charge >= 0.3 is 0 Å². The number of nitrogens with one attached hydrogen (secondary N) is 1. The molecule has 1 aromatic rings. The van der Waals surface area contributed by atoms with Gasteiger partial charge in [0.25, 0.3) is 0 Å². The maximum absolute atomic E-state index is 12.5. The quantitative estimate of drug-likeness (QED) is 0.813. The molecule has 0 bridgehead atoms. The average molecular weight is 298 g/mol. The number of rotatable bonds is 7. The first-order valence-electron chi connectivity index (χ1n) is 7.19. The zero-order chi connectivity index (χ0) is 15.4. The molecule has 114 valence electrons. The van der Waals surface area contributed by atoms with Crippen molar-refractivity contribution in [3.63, 3.8) is 0 Å². The van der Waals surface area contributed by atoms with E-state index in [0.717, 1.165) is 24.8 Å². The van der Waals surface area contributed by atoms with Crippen LogP contribution in [0.1, 0.15) is 58.6 Å². The van der Waals surface area contributed by atoms with Crippen molar-refractivity contribution in [1.82, 2.24) is 4.72 Å². The van der Waals surface area contributed by atoms with Crippen molar-refractivity contribution in [2.24, 2.45) is 5.73 Å². The summed E-state index contributed by atoms with van der Waals surface area (Å²) in [6, 6.07) is 6.66. The molecular weight excluding hydrogens is 272 g/mol. The molecule has 0 aliphatic heterocycles. The molecule has 1 atom stereocenters. The van der Waals surface area contributed by atoms with Crippen LogP contribution in [0, 0.1) is 0 Å². The Labute approximate surface area is 122 Å². The van der Waals surface area contributed by atoms with Crippen LogP contribution < -0.4 is 10.5 Å². The van der Waals surface area contributed by atoms with Gasteiger partial charge in [-0.2, -0.15) is 0 Å². The van der Waals surface area contributed by atoms with Gasteiger partial charge in [-0.25, -0.2) is 13.1 Å². The minimum absolute atomic E-state index is 0.182. The highest BCUT2D eigenvalue weighted by Gasteiger charge is 2.30. The summed E-state index contributed by atoms with van der Waals surface area (Å²) in [6.07, 6.45) is 2.31. The van der Waals surface area contributed by atoms with Gasteiger partial charge in [0.2, 0.25) is 10.0 Å². The van der Waals surface area contributed by atoms with E-state index in [4.69, 9.17) is 5.73 Å². The molecule has 0 saturated heterocycles. The molecule has 0 aliphatic rings. The van der Waals surface area contributed by atoms with Gasteiger partial charge in [0.05, 0.1) is 4.90 Å². The molecule has 0 fully saturated rings. The summed E-state index contributed by atoms with van der Waals surface area (Å²) in [5.74, 6) is 0. The van der Waals surface area contributed by atoms with Crippen LogP contribution in [0.15, 0.2) is 29.2 Å². The highest BCUT2D eigenvalue weighted by Crippen LogP contribution is 2.24. The molecule has 0 radical (unpaired) electrons. The molecule has 1 aromatic carbocycles. The number of benzene rings is 1. The summed E-state index contributed by atoms with van der Waals surface area (Å²) in [7, 11) is -3.52. The number of sulfonamides is 1. The summed E-state index contributed by atoms with van der Waals surface area (Å²) >= 11 is 0. The minimum atomic E-state index is -3.52. The zero-order valence-corrected chi connectivity index (χ0v) is 13.6. The van der Waals surface area contributed by atoms with Crippen molar-refractivity contribution in [1.29, 1.82) is 0 Å². The second kappa shape index (κ2) is 6.70. The second-order valence-electron chi connectivity index (χ2n) is 5.31. The Balaban J connectivity index is 3.14. The first-order valence-corrected chi connectivity index (χ1v) is 8.68. The first-order chi connectivity index (χ1) is 9.30. The van der Waals surface area contributed by atoms with Crippen molar-refractivity contribution in [3.8, 4) is 0 Å². The standard InChI is InChI=1S/C15H26N2O2S/c1-5-15(6-2,7-3)17-20(18,19)14-10-8-9-13(11-14)12(4)16/h8-12,17H,5-7,16H2,1-4H3. The van der Waals surface area contributed by atoms with Gasteiger partial charge in [0.1, 0.15) is 0 Å². The normalized spacial score (nSPS) is 14.2. The van der Waals surface area contributed by atoms with Gasteiger partial charge in [-0.05, 0) is 43.9 Å². The second-order valence-corrected chi connectivity index (χ2v) is 6.99. The predicted octanol–water partition coefficient (Wildman–Crippen LogP) is 2.95. The fourth-order valence-electron chi connectivity index (χ4n) is 2.28. The Morgan fingerprint density at radius 3 is 2.20 bits per heavy atom. The van der Waals surface area contributed by atoms with E-state index in [1.54, 1.807) is 18.2 Å². The van der Waals surface area contributed by atoms with E-state index in [1.165, 1.54) is 0 Å². The highest BCUT2D eigenvalue weighted by molar-refractivity contribution is 7.89. The molecule has 0 saturated carbocycles. The van der Waals surface area contributed by atoms with Crippen LogP contribution in [0.4, 0.5) is 0 Å². The lowest BCUT2D eigenvalue weighted by atomic mass is 9.91. The lowest BCUT2D eigenvalue weighted by molar-refractivity contribution is 0.341. The lowest BCUT2D eigenvalue weighted by Crippen LogP contribution is -2.46. The molecule has 4 nitrogen and oxygen atoms in total. The monoisotopic (exact) mass is 298 g/mol. The van der Waals surface area contributed by atoms with Crippen molar-refractivity contribution >= 4 is 10.0 Å². The topological polar surface area (TPSA) is 72.2 Å². The van der Waals surface area contributed by atoms with Gasteiger partial charge in [0.15, 0.2) is 0 Å². The minimum Gasteiger partial charge on any atom is -0.324 e. The maximum Gasteiger partial charge on any atom is 0.241 e. The molecule has 20 heavy (non-hydrogen) atoms. The fourth-order valence-corrected chi connectivity index (χ4v) is 3.95. The van der Waals surface area contributed by atoms with E-state index >= 15 is 0 Å². The van der Waals surface area contributed by atoms with E-state index < -0.39 is 10.0 Å². The summed E-state index contributed by atoms with van der Waals surface area (Å²) in [5, 5.41) is 0. The van der Waals surface area contributed by atoms with Crippen molar-refractivity contribution < 1.29 is 8.42 Å². The van der Waals surface area contributed by atoms with Crippen LogP contribution in [0.25, 0.3) is 0 Å². The SMILES string of the molecule is CCC(CC)(CC)NS(=O)(=O)c1cccc(C(C)N)c1. The highest BCUT2D eigenvalue weighted by atomic mass is 32.2. The molecule has 0 spiro atoms. The molecule has 0 amide bonds. The van der Waals surface area contributed by atoms with Crippen LogP contribution in [0.5, 0.6) is 0 Å². The van der Waals surface area contributed by atoms with Gasteiger partial charge in [-0.1, -0.05) is 32.9 Å². The largest absolute Gasteiger partial charge is 0.324 e. The van der Waals surface area contributed by atoms with Crippen LogP contribution >= 0.6 is 0 Å². The van der Waals surface area contributed by atoms with Crippen LogP contribution in [0.3, 0.4) is 0 Å². The molecule has 1 unspecified atom stereocenters. The zero-order valence-electron chi connectivity index (χ0n) is 12.8. The molecule has 0 aliphatic carbocycles. The van der Waals surface area contributed by atoms with Gasteiger partial charge in [-0.3, -0.25) is 0 Å². The fraction of sp³-hybridized carbons (Fsp3) is 0.600. The summed E-state index contributed by atoms with van der Waals surface area (Å²) in [6.45, 7) is 7.86. The third-order valence-electron chi connectivity index (χ3n) is 4.08. The Morgan fingerprint density at radius 2 is 1.75 bits per heavy atom. The van der Waals surface area contributed by atoms with Crippen molar-refractivity contribution in [2.45, 2.75) is 63.4 Å². The van der Waals surface area contributed by atoms with Gasteiger partial charge in [-0.15, -0.1) is 0 Å². The Bertz CT molecular complexity index is 526. The average Bonchev–Trinajstić information content (AvgIpc) is 2.45. The van der Waals surface area contributed by atoms with E-state index in [1.807, 2.05) is 33.8 Å². The summed E-state index contributed by atoms with van der Waals surface area (Å²) in [5.41, 5.74) is 6.27. The van der Waals surface area contributed by atoms with Crippen LogP contribution in [0.2, 0.25) is 0 Å². The molecule has 3 N–H and O–H groups in total. The Morgan fingerprint density at radius 1 is 1.20 bits per heavy atom. The molecule has 0 aromatic heterocycles. The maximum atomic E-state index is 12.5. The van der Waals surface area contributed by atoms with E-state index in [2.05, 4.69) is 4.72 Å². The van der Waals surface area contributed by atoms with Crippen molar-refractivity contribution in [2.75, 3.05) is 0 Å².